The number of esters is 1. The van der Waals surface area contributed by atoms with E-state index in [2.05, 4.69) is 5.32 Å². The Hall–Kier alpha value is -1.56. The second kappa shape index (κ2) is 7.77. The van der Waals surface area contributed by atoms with Crippen molar-refractivity contribution in [2.45, 2.75) is 32.1 Å². The van der Waals surface area contributed by atoms with Crippen LogP contribution in [0, 0.1) is 0 Å². The van der Waals surface area contributed by atoms with Crippen LogP contribution in [0.25, 0.3) is 0 Å². The lowest BCUT2D eigenvalue weighted by Crippen LogP contribution is -2.15. The Morgan fingerprint density at radius 2 is 1.76 bits per heavy atom. The molecule has 4 nitrogen and oxygen atoms in total. The number of carbonyl (C=O) groups excluding carboxylic acids is 2. The molecule has 1 aromatic carbocycles. The first-order valence-corrected chi connectivity index (χ1v) is 9.58. The van der Waals surface area contributed by atoms with Crippen molar-refractivity contribution in [1.29, 1.82) is 0 Å². The molecule has 0 bridgehead atoms. The van der Waals surface area contributed by atoms with Gasteiger partial charge < -0.3 is 10.1 Å². The number of anilines is 1. The fourth-order valence-electron chi connectivity index (χ4n) is 3.03. The number of thiophene rings is 1. The summed E-state index contributed by atoms with van der Waals surface area (Å²) in [6.07, 6.45) is 4.97. The van der Waals surface area contributed by atoms with E-state index < -0.39 is 11.9 Å². The van der Waals surface area contributed by atoms with E-state index in [1.165, 1.54) is 18.4 Å². The molecule has 0 fully saturated rings. The molecule has 0 saturated carbocycles. The van der Waals surface area contributed by atoms with Crippen LogP contribution in [0.1, 0.15) is 50.4 Å². The van der Waals surface area contributed by atoms with Crippen LogP contribution in [-0.2, 0) is 17.6 Å². The standard InChI is InChI=1S/C18H17Cl2NO3S/c1-24-18(23)14-10-6-3-2-4-9-13(10)25-17(14)21-16(22)15-11(19)7-5-8-12(15)20/h5,7-8H,2-4,6,9H2,1H3,(H,21,22). The first-order valence-electron chi connectivity index (χ1n) is 8.01. The van der Waals surface area contributed by atoms with Crippen LogP contribution >= 0.6 is 34.5 Å². The summed E-state index contributed by atoms with van der Waals surface area (Å²) in [5, 5.41) is 3.84. The maximum Gasteiger partial charge on any atom is 0.341 e. The first kappa shape index (κ1) is 18.2. The number of amides is 1. The molecule has 1 heterocycles. The topological polar surface area (TPSA) is 55.4 Å². The number of rotatable bonds is 3. The summed E-state index contributed by atoms with van der Waals surface area (Å²) in [5.41, 5.74) is 1.65. The molecule has 0 radical (unpaired) electrons. The number of benzene rings is 1. The SMILES string of the molecule is COC(=O)c1c(NC(=O)c2c(Cl)cccc2Cl)sc2c1CCCCC2. The molecule has 0 atom stereocenters. The van der Waals surface area contributed by atoms with Crippen molar-refractivity contribution in [3.63, 3.8) is 0 Å². The molecule has 0 saturated heterocycles. The van der Waals surface area contributed by atoms with Crippen LogP contribution < -0.4 is 5.32 Å². The lowest BCUT2D eigenvalue weighted by Gasteiger charge is -2.09. The first-order chi connectivity index (χ1) is 12.0. The lowest BCUT2D eigenvalue weighted by molar-refractivity contribution is 0.0601. The molecule has 1 aliphatic rings. The second-order valence-electron chi connectivity index (χ2n) is 5.81. The molecule has 1 aromatic heterocycles. The molecule has 1 N–H and O–H groups in total. The van der Waals surface area contributed by atoms with Gasteiger partial charge >= 0.3 is 5.97 Å². The van der Waals surface area contributed by atoms with Gasteiger partial charge in [0.15, 0.2) is 0 Å². The van der Waals surface area contributed by atoms with E-state index in [9.17, 15) is 9.59 Å². The summed E-state index contributed by atoms with van der Waals surface area (Å²) in [7, 11) is 1.35. The fourth-order valence-corrected chi connectivity index (χ4v) is 4.87. The van der Waals surface area contributed by atoms with Gasteiger partial charge in [0.05, 0.1) is 28.3 Å². The fraction of sp³-hybridized carbons (Fsp3) is 0.333. The van der Waals surface area contributed by atoms with E-state index in [0.29, 0.717) is 10.6 Å². The van der Waals surface area contributed by atoms with Gasteiger partial charge in [0.25, 0.3) is 5.91 Å². The number of aryl methyl sites for hydroxylation is 1. The molecule has 1 aliphatic carbocycles. The van der Waals surface area contributed by atoms with Crippen molar-refractivity contribution in [3.8, 4) is 0 Å². The molecule has 132 valence electrons. The Morgan fingerprint density at radius 1 is 1.08 bits per heavy atom. The zero-order chi connectivity index (χ0) is 18.0. The number of nitrogens with one attached hydrogen (secondary N) is 1. The molecule has 1 amide bonds. The normalized spacial score (nSPS) is 13.7. The summed E-state index contributed by atoms with van der Waals surface area (Å²) in [6.45, 7) is 0. The molecule has 2 aromatic rings. The van der Waals surface area contributed by atoms with Crippen molar-refractivity contribution >= 4 is 51.4 Å². The van der Waals surface area contributed by atoms with Gasteiger partial charge in [-0.05, 0) is 43.4 Å². The van der Waals surface area contributed by atoms with Crippen LogP contribution in [0.5, 0.6) is 0 Å². The van der Waals surface area contributed by atoms with E-state index in [1.807, 2.05) is 0 Å². The van der Waals surface area contributed by atoms with E-state index in [4.69, 9.17) is 27.9 Å². The van der Waals surface area contributed by atoms with Gasteiger partial charge in [-0.25, -0.2) is 4.79 Å². The molecule has 25 heavy (non-hydrogen) atoms. The third kappa shape index (κ3) is 3.68. The minimum Gasteiger partial charge on any atom is -0.465 e. The molecule has 0 aliphatic heterocycles. The van der Waals surface area contributed by atoms with Gasteiger partial charge in [0.1, 0.15) is 5.00 Å². The number of fused-ring (bicyclic) bond motifs is 1. The predicted octanol–water partition coefficient (Wildman–Crippen LogP) is 5.36. The zero-order valence-electron chi connectivity index (χ0n) is 13.7. The smallest absolute Gasteiger partial charge is 0.341 e. The highest BCUT2D eigenvalue weighted by molar-refractivity contribution is 7.17. The number of hydrogen-bond acceptors (Lipinski definition) is 4. The average Bonchev–Trinajstić information content (AvgIpc) is 2.75. The quantitative estimate of drug-likeness (QED) is 0.559. The molecule has 0 unspecified atom stereocenters. The minimum atomic E-state index is -0.433. The third-order valence-corrected chi connectivity index (χ3v) is 6.06. The maximum absolute atomic E-state index is 12.7. The minimum absolute atomic E-state index is 0.199. The van der Waals surface area contributed by atoms with Crippen LogP contribution in [0.4, 0.5) is 5.00 Å². The molecule has 7 heteroatoms. The Labute approximate surface area is 160 Å². The summed E-state index contributed by atoms with van der Waals surface area (Å²) >= 11 is 13.7. The largest absolute Gasteiger partial charge is 0.465 e. The predicted molar refractivity (Wildman–Crippen MR) is 101 cm³/mol. The molecular formula is C18H17Cl2NO3S. The van der Waals surface area contributed by atoms with E-state index in [-0.39, 0.29) is 15.6 Å². The van der Waals surface area contributed by atoms with Crippen LogP contribution in [0.3, 0.4) is 0 Å². The van der Waals surface area contributed by atoms with Gasteiger partial charge in [-0.15, -0.1) is 11.3 Å². The van der Waals surface area contributed by atoms with Crippen LogP contribution in [0.15, 0.2) is 18.2 Å². The summed E-state index contributed by atoms with van der Waals surface area (Å²) in [6, 6.07) is 4.88. The highest BCUT2D eigenvalue weighted by Gasteiger charge is 2.27. The molecule has 0 spiro atoms. The Bertz CT molecular complexity index is 812. The summed E-state index contributed by atoms with van der Waals surface area (Å²) in [4.78, 5) is 26.1. The molecule has 3 rings (SSSR count). The number of halogens is 2. The van der Waals surface area contributed by atoms with Gasteiger partial charge in [0.2, 0.25) is 0 Å². The Morgan fingerprint density at radius 3 is 2.44 bits per heavy atom. The number of carbonyl (C=O) groups is 2. The van der Waals surface area contributed by atoms with Crippen LogP contribution in [0.2, 0.25) is 10.0 Å². The Balaban J connectivity index is 2.00. The van der Waals surface area contributed by atoms with Crippen molar-refractivity contribution in [3.05, 3.63) is 49.8 Å². The van der Waals surface area contributed by atoms with E-state index >= 15 is 0 Å². The van der Waals surface area contributed by atoms with Gasteiger partial charge in [0, 0.05) is 4.88 Å². The van der Waals surface area contributed by atoms with Crippen molar-refractivity contribution in [2.75, 3.05) is 12.4 Å². The highest BCUT2D eigenvalue weighted by atomic mass is 35.5. The van der Waals surface area contributed by atoms with Gasteiger partial charge in [-0.3, -0.25) is 4.79 Å². The van der Waals surface area contributed by atoms with Crippen molar-refractivity contribution in [2.24, 2.45) is 0 Å². The third-order valence-electron chi connectivity index (χ3n) is 4.23. The van der Waals surface area contributed by atoms with Crippen LogP contribution in [-0.4, -0.2) is 19.0 Å². The zero-order valence-corrected chi connectivity index (χ0v) is 16.0. The highest BCUT2D eigenvalue weighted by Crippen LogP contribution is 2.38. The van der Waals surface area contributed by atoms with E-state index in [1.54, 1.807) is 18.2 Å². The van der Waals surface area contributed by atoms with Crippen molar-refractivity contribution in [1.82, 2.24) is 0 Å². The lowest BCUT2D eigenvalue weighted by atomic mass is 10.1. The molecular weight excluding hydrogens is 381 g/mol. The average molecular weight is 398 g/mol. The number of methoxy groups -OCH3 is 1. The van der Waals surface area contributed by atoms with Crippen molar-refractivity contribution < 1.29 is 14.3 Å². The summed E-state index contributed by atoms with van der Waals surface area (Å²) < 4.78 is 4.94. The van der Waals surface area contributed by atoms with Gasteiger partial charge in [-0.2, -0.15) is 0 Å². The summed E-state index contributed by atoms with van der Waals surface area (Å²) in [5.74, 6) is -0.864. The monoisotopic (exact) mass is 397 g/mol. The maximum atomic E-state index is 12.7. The van der Waals surface area contributed by atoms with Gasteiger partial charge in [-0.1, -0.05) is 35.7 Å². The Kier molecular flexibility index (Phi) is 5.67. The van der Waals surface area contributed by atoms with E-state index in [0.717, 1.165) is 42.5 Å². The number of hydrogen-bond donors (Lipinski definition) is 1. The number of ether oxygens (including phenoxy) is 1. The second-order valence-corrected chi connectivity index (χ2v) is 7.73.